The van der Waals surface area contributed by atoms with Crippen molar-refractivity contribution in [2.24, 2.45) is 0 Å². The zero-order valence-electron chi connectivity index (χ0n) is 17.1. The lowest BCUT2D eigenvalue weighted by Gasteiger charge is -2.17. The molecule has 0 spiro atoms. The molecular weight excluding hydrogens is 384 g/mol. The van der Waals surface area contributed by atoms with Gasteiger partial charge in [-0.25, -0.2) is 4.79 Å². The van der Waals surface area contributed by atoms with Crippen LogP contribution in [0, 0.1) is 0 Å². The maximum absolute atomic E-state index is 13.0. The molecule has 0 saturated heterocycles. The second-order valence-electron chi connectivity index (χ2n) is 7.13. The Morgan fingerprint density at radius 1 is 0.967 bits per heavy atom. The Balaban J connectivity index is 1.93. The highest BCUT2D eigenvalue weighted by molar-refractivity contribution is 5.92. The number of hydrogen-bond donors (Lipinski definition) is 2. The van der Waals surface area contributed by atoms with E-state index in [1.165, 1.54) is 16.1 Å². The molecule has 156 valence electrons. The number of anilines is 2. The van der Waals surface area contributed by atoms with Crippen LogP contribution < -0.4 is 21.9 Å². The fraction of sp³-hybridized carbons (Fsp3) is 0.273. The van der Waals surface area contributed by atoms with Crippen LogP contribution in [0.15, 0.2) is 58.1 Å². The predicted molar refractivity (Wildman–Crippen MR) is 117 cm³/mol. The van der Waals surface area contributed by atoms with Gasteiger partial charge in [-0.15, -0.1) is 0 Å². The fourth-order valence-electron chi connectivity index (χ4n) is 3.25. The lowest BCUT2D eigenvalue weighted by atomic mass is 10.2. The van der Waals surface area contributed by atoms with Gasteiger partial charge < -0.3 is 10.6 Å². The molecule has 1 atom stereocenters. The van der Waals surface area contributed by atoms with Crippen LogP contribution in [0.4, 0.5) is 11.4 Å². The Morgan fingerprint density at radius 3 is 2.17 bits per heavy atom. The van der Waals surface area contributed by atoms with Crippen LogP contribution in [0.25, 0.3) is 10.9 Å². The summed E-state index contributed by atoms with van der Waals surface area (Å²) in [6.45, 7) is 4.88. The number of carbonyl (C=O) groups is 2. The SMILES string of the molecule is CC[C@H](C)n1c(=O)c2ccccc2n(CC(=O)Nc2ccc(NC(C)=O)cc2)c1=O. The molecule has 1 heterocycles. The Morgan fingerprint density at radius 2 is 1.57 bits per heavy atom. The number of benzene rings is 2. The van der Waals surface area contributed by atoms with Gasteiger partial charge >= 0.3 is 5.69 Å². The Labute approximate surface area is 173 Å². The van der Waals surface area contributed by atoms with E-state index >= 15 is 0 Å². The molecular formula is C22H24N4O4. The van der Waals surface area contributed by atoms with Gasteiger partial charge in [-0.2, -0.15) is 0 Å². The fourth-order valence-corrected chi connectivity index (χ4v) is 3.25. The molecule has 0 aliphatic rings. The third-order valence-electron chi connectivity index (χ3n) is 4.90. The van der Waals surface area contributed by atoms with Crippen molar-refractivity contribution in [1.29, 1.82) is 0 Å². The monoisotopic (exact) mass is 408 g/mol. The minimum Gasteiger partial charge on any atom is -0.326 e. The van der Waals surface area contributed by atoms with Gasteiger partial charge in [0.25, 0.3) is 5.56 Å². The van der Waals surface area contributed by atoms with E-state index in [2.05, 4.69) is 10.6 Å². The zero-order chi connectivity index (χ0) is 21.8. The number of hydrogen-bond acceptors (Lipinski definition) is 4. The van der Waals surface area contributed by atoms with Crippen molar-refractivity contribution in [3.63, 3.8) is 0 Å². The van der Waals surface area contributed by atoms with Gasteiger partial charge in [0.15, 0.2) is 0 Å². The molecule has 0 bridgehead atoms. The average Bonchev–Trinajstić information content (AvgIpc) is 2.72. The highest BCUT2D eigenvalue weighted by Crippen LogP contribution is 2.14. The number of fused-ring (bicyclic) bond motifs is 1. The summed E-state index contributed by atoms with van der Waals surface area (Å²) in [5, 5.41) is 5.79. The van der Waals surface area contributed by atoms with Gasteiger partial charge in [-0.05, 0) is 49.7 Å². The molecule has 2 amide bonds. The van der Waals surface area contributed by atoms with Crippen LogP contribution in [-0.4, -0.2) is 20.9 Å². The van der Waals surface area contributed by atoms with Gasteiger partial charge in [-0.3, -0.25) is 23.5 Å². The molecule has 2 N–H and O–H groups in total. The average molecular weight is 408 g/mol. The lowest BCUT2D eigenvalue weighted by Crippen LogP contribution is -2.43. The van der Waals surface area contributed by atoms with Gasteiger partial charge in [0.05, 0.1) is 10.9 Å². The maximum Gasteiger partial charge on any atom is 0.332 e. The molecule has 0 fully saturated rings. The number of nitrogens with zero attached hydrogens (tertiary/aromatic N) is 2. The van der Waals surface area contributed by atoms with Gasteiger partial charge in [0, 0.05) is 24.3 Å². The second kappa shape index (κ2) is 8.77. The zero-order valence-corrected chi connectivity index (χ0v) is 17.1. The molecule has 2 aromatic carbocycles. The smallest absolute Gasteiger partial charge is 0.326 e. The number of amides is 2. The van der Waals surface area contributed by atoms with Crippen molar-refractivity contribution in [1.82, 2.24) is 9.13 Å². The minimum absolute atomic E-state index is 0.186. The van der Waals surface area contributed by atoms with Crippen molar-refractivity contribution >= 4 is 34.1 Å². The highest BCUT2D eigenvalue weighted by Gasteiger charge is 2.18. The standard InChI is InChI=1S/C22H24N4O4/c1-4-14(2)26-21(29)18-7-5-6-8-19(18)25(22(26)30)13-20(28)24-17-11-9-16(10-12-17)23-15(3)27/h5-12,14H,4,13H2,1-3H3,(H,23,27)(H,24,28)/t14-/m0/s1. The topological polar surface area (TPSA) is 102 Å². The van der Waals surface area contributed by atoms with Crippen LogP contribution >= 0.6 is 0 Å². The van der Waals surface area contributed by atoms with Gasteiger partial charge in [-0.1, -0.05) is 19.1 Å². The van der Waals surface area contributed by atoms with E-state index in [4.69, 9.17) is 0 Å². The summed E-state index contributed by atoms with van der Waals surface area (Å²) in [6, 6.07) is 13.1. The summed E-state index contributed by atoms with van der Waals surface area (Å²) >= 11 is 0. The highest BCUT2D eigenvalue weighted by atomic mass is 16.2. The summed E-state index contributed by atoms with van der Waals surface area (Å²) in [5.74, 6) is -0.585. The summed E-state index contributed by atoms with van der Waals surface area (Å²) in [7, 11) is 0. The third-order valence-corrected chi connectivity index (χ3v) is 4.90. The van der Waals surface area contributed by atoms with E-state index in [0.29, 0.717) is 28.7 Å². The summed E-state index contributed by atoms with van der Waals surface area (Å²) in [5.41, 5.74) is 0.702. The number of carbonyl (C=O) groups excluding carboxylic acids is 2. The Bertz CT molecular complexity index is 1210. The van der Waals surface area contributed by atoms with E-state index in [-0.39, 0.29) is 24.1 Å². The Kier molecular flexibility index (Phi) is 6.15. The first-order valence-corrected chi connectivity index (χ1v) is 9.73. The van der Waals surface area contributed by atoms with E-state index < -0.39 is 11.6 Å². The quantitative estimate of drug-likeness (QED) is 0.655. The maximum atomic E-state index is 13.0. The van der Waals surface area contributed by atoms with Crippen molar-refractivity contribution in [3.8, 4) is 0 Å². The molecule has 3 aromatic rings. The van der Waals surface area contributed by atoms with Crippen LogP contribution in [0.3, 0.4) is 0 Å². The molecule has 3 rings (SSSR count). The second-order valence-corrected chi connectivity index (χ2v) is 7.13. The number of para-hydroxylation sites is 1. The van der Waals surface area contributed by atoms with E-state index in [1.54, 1.807) is 55.5 Å². The van der Waals surface area contributed by atoms with Gasteiger partial charge in [0.1, 0.15) is 6.54 Å². The first-order valence-electron chi connectivity index (χ1n) is 9.73. The normalized spacial score (nSPS) is 11.8. The molecule has 8 nitrogen and oxygen atoms in total. The Hall–Kier alpha value is -3.68. The van der Waals surface area contributed by atoms with E-state index in [1.807, 2.05) is 6.92 Å². The molecule has 0 saturated carbocycles. The van der Waals surface area contributed by atoms with Crippen LogP contribution in [0.1, 0.15) is 33.2 Å². The van der Waals surface area contributed by atoms with Crippen molar-refractivity contribution in [3.05, 3.63) is 69.4 Å². The van der Waals surface area contributed by atoms with Crippen LogP contribution in [0.2, 0.25) is 0 Å². The molecule has 0 radical (unpaired) electrons. The van der Waals surface area contributed by atoms with Crippen molar-refractivity contribution in [2.75, 3.05) is 10.6 Å². The molecule has 0 aliphatic carbocycles. The lowest BCUT2D eigenvalue weighted by molar-refractivity contribution is -0.117. The van der Waals surface area contributed by atoms with E-state index in [9.17, 15) is 19.2 Å². The summed E-state index contributed by atoms with van der Waals surface area (Å²) in [6.07, 6.45) is 0.611. The van der Waals surface area contributed by atoms with Crippen molar-refractivity contribution < 1.29 is 9.59 Å². The number of nitrogens with one attached hydrogen (secondary N) is 2. The van der Waals surface area contributed by atoms with Gasteiger partial charge in [0.2, 0.25) is 11.8 Å². The predicted octanol–water partition coefficient (Wildman–Crippen LogP) is 2.73. The first-order chi connectivity index (χ1) is 14.3. The first kappa shape index (κ1) is 21.0. The summed E-state index contributed by atoms with van der Waals surface area (Å²) < 4.78 is 2.53. The third kappa shape index (κ3) is 4.32. The largest absolute Gasteiger partial charge is 0.332 e. The van der Waals surface area contributed by atoms with Crippen LogP contribution in [-0.2, 0) is 16.1 Å². The molecule has 30 heavy (non-hydrogen) atoms. The molecule has 8 heteroatoms. The summed E-state index contributed by atoms with van der Waals surface area (Å²) in [4.78, 5) is 49.6. The molecule has 0 unspecified atom stereocenters. The van der Waals surface area contributed by atoms with Crippen molar-refractivity contribution in [2.45, 2.75) is 39.8 Å². The number of aromatic nitrogens is 2. The molecule has 0 aliphatic heterocycles. The van der Waals surface area contributed by atoms with Crippen LogP contribution in [0.5, 0.6) is 0 Å². The van der Waals surface area contributed by atoms with E-state index in [0.717, 1.165) is 0 Å². The minimum atomic E-state index is -0.510. The number of rotatable bonds is 6. The molecule has 1 aromatic heterocycles.